The van der Waals surface area contributed by atoms with Gasteiger partial charge >= 0.3 is 21.1 Å². The topological polar surface area (TPSA) is 57.4 Å². The molecule has 0 saturated carbocycles. The molecule has 0 fully saturated rings. The average molecular weight is 417 g/mol. The first-order valence-electron chi connectivity index (χ1n) is 5.71. The number of para-hydroxylation sites is 2. The molecule has 0 aliphatic rings. The molecule has 0 unspecified atom stereocenters. The summed E-state index contributed by atoms with van der Waals surface area (Å²) in [6.07, 6.45) is 0. The summed E-state index contributed by atoms with van der Waals surface area (Å²) in [5.74, 6) is 0.780. The summed E-state index contributed by atoms with van der Waals surface area (Å²) in [6.45, 7) is 0. The fraction of sp³-hybridized carbons (Fsp3) is 0. The van der Waals surface area contributed by atoms with E-state index >= 15 is 0 Å². The van der Waals surface area contributed by atoms with Crippen LogP contribution >= 0.6 is 0 Å². The molecule has 5 heteroatoms. The minimum absolute atomic E-state index is 0. The monoisotopic (exact) mass is 417 g/mol. The first-order chi connectivity index (χ1) is 8.92. The van der Waals surface area contributed by atoms with E-state index < -0.39 is 0 Å². The second-order valence-electron chi connectivity index (χ2n) is 4.15. The Morgan fingerprint density at radius 1 is 1.05 bits per heavy atom. The number of imidazole rings is 1. The smallest absolute Gasteiger partial charge is 0.337 e. The van der Waals surface area contributed by atoms with Crippen LogP contribution < -0.4 is 0 Å². The summed E-state index contributed by atoms with van der Waals surface area (Å²) < 4.78 is 0. The Bertz CT molecular complexity index is 814. The largest absolute Gasteiger partial charge is 2.00 e. The van der Waals surface area contributed by atoms with Crippen molar-refractivity contribution >= 4 is 21.9 Å². The number of benzene rings is 2. The van der Waals surface area contributed by atoms with E-state index in [2.05, 4.69) is 26.2 Å². The van der Waals surface area contributed by atoms with Gasteiger partial charge in [-0.05, 0) is 17.6 Å². The normalized spacial score (nSPS) is 10.7. The number of rotatable bonds is 1. The van der Waals surface area contributed by atoms with E-state index in [1.807, 2.05) is 42.5 Å². The van der Waals surface area contributed by atoms with Crippen molar-refractivity contribution in [1.82, 2.24) is 20.2 Å². The molecule has 2 N–H and O–H groups in total. The van der Waals surface area contributed by atoms with E-state index in [0.717, 1.165) is 33.5 Å². The molecular weight excluding hydrogens is 408 g/mol. The molecule has 0 saturated heterocycles. The van der Waals surface area contributed by atoms with Crippen LogP contribution in [0.4, 0.5) is 0 Å². The van der Waals surface area contributed by atoms with E-state index in [9.17, 15) is 0 Å². The Morgan fingerprint density at radius 3 is 2.84 bits per heavy atom. The van der Waals surface area contributed by atoms with Crippen molar-refractivity contribution in [3.63, 3.8) is 0 Å². The number of nitrogens with one attached hydrogen (secondary N) is 2. The van der Waals surface area contributed by atoms with E-state index in [1.165, 1.54) is 0 Å². The van der Waals surface area contributed by atoms with Crippen LogP contribution in [0, 0.1) is 6.07 Å². The van der Waals surface area contributed by atoms with E-state index in [1.54, 1.807) is 0 Å². The molecule has 2 aromatic heterocycles. The maximum absolute atomic E-state index is 4.55. The minimum Gasteiger partial charge on any atom is -0.337 e. The Kier molecular flexibility index (Phi) is 2.95. The zero-order valence-corrected chi connectivity index (χ0v) is 12.8. The Labute approximate surface area is 123 Å². The number of aromatic nitrogens is 4. The molecule has 19 heavy (non-hydrogen) atoms. The quantitative estimate of drug-likeness (QED) is 0.469. The fourth-order valence-electron chi connectivity index (χ4n) is 2.15. The van der Waals surface area contributed by atoms with Gasteiger partial charge in [0.15, 0.2) is 0 Å². The molecule has 0 amide bonds. The van der Waals surface area contributed by atoms with Crippen molar-refractivity contribution in [1.29, 1.82) is 0 Å². The number of aromatic amines is 2. The molecule has 0 bridgehead atoms. The molecule has 0 atom stereocenters. The number of fused-ring (bicyclic) bond motifs is 2. The minimum atomic E-state index is 0. The summed E-state index contributed by atoms with van der Waals surface area (Å²) in [5.41, 5.74) is 3.79. The van der Waals surface area contributed by atoms with Gasteiger partial charge < -0.3 is 10.1 Å². The van der Waals surface area contributed by atoms with Crippen LogP contribution in [0.5, 0.6) is 0 Å². The second kappa shape index (κ2) is 4.63. The zero-order valence-electron chi connectivity index (χ0n) is 9.84. The number of nitrogens with zero attached hydrogens (tertiary/aromatic N) is 2. The average Bonchev–Trinajstić information content (AvgIpc) is 3.02. The number of H-pyrrole nitrogens is 2. The van der Waals surface area contributed by atoms with Crippen LogP contribution in [0.1, 0.15) is 0 Å². The van der Waals surface area contributed by atoms with E-state index in [0.29, 0.717) is 0 Å². The third kappa shape index (κ3) is 1.89. The van der Waals surface area contributed by atoms with Gasteiger partial charge in [-0.15, -0.1) is 6.07 Å². The number of hydrogen-bond donors (Lipinski definition) is 2. The van der Waals surface area contributed by atoms with Crippen molar-refractivity contribution in [2.24, 2.45) is 0 Å². The first-order valence-corrected chi connectivity index (χ1v) is 5.71. The zero-order chi connectivity index (χ0) is 11.9. The standard InChI is InChI=1S/C14H9N4.W/c1-2-6-10-9(5-1)13(18-17-10)14-15-11-7-3-4-8-12(11)16-14;/h2-8H,(H,15,16)(H,17,18);/q-1;+2. The third-order valence-corrected chi connectivity index (χ3v) is 3.02. The number of hydrogen-bond acceptors (Lipinski definition) is 2. The van der Waals surface area contributed by atoms with E-state index in [-0.39, 0.29) is 21.1 Å². The molecule has 0 radical (unpaired) electrons. The van der Waals surface area contributed by atoms with E-state index in [4.69, 9.17) is 0 Å². The molecular formula is C14H9N4W+. The summed E-state index contributed by atoms with van der Waals surface area (Å²) in [6, 6.07) is 16.8. The molecule has 0 spiro atoms. The van der Waals surface area contributed by atoms with Crippen molar-refractivity contribution in [2.75, 3.05) is 0 Å². The third-order valence-electron chi connectivity index (χ3n) is 3.02. The van der Waals surface area contributed by atoms with Crippen molar-refractivity contribution < 1.29 is 21.1 Å². The first kappa shape index (κ1) is 12.1. The summed E-state index contributed by atoms with van der Waals surface area (Å²) in [4.78, 5) is 7.84. The molecule has 90 valence electrons. The SMILES string of the molecule is [W+2].[c-]1ccc2[nH]nc(-c3nc4ccccc4[nH]3)c2c1. The van der Waals surface area contributed by atoms with Gasteiger partial charge in [0.25, 0.3) is 0 Å². The molecule has 4 rings (SSSR count). The molecule has 2 aromatic carbocycles. The van der Waals surface area contributed by atoms with Crippen LogP contribution in [0.25, 0.3) is 33.5 Å². The van der Waals surface area contributed by atoms with Crippen LogP contribution in [-0.4, -0.2) is 20.2 Å². The van der Waals surface area contributed by atoms with Gasteiger partial charge in [0.2, 0.25) is 0 Å². The predicted molar refractivity (Wildman–Crippen MR) is 70.0 cm³/mol. The van der Waals surface area contributed by atoms with Crippen LogP contribution in [0.3, 0.4) is 0 Å². The van der Waals surface area contributed by atoms with Gasteiger partial charge in [0.05, 0.1) is 16.7 Å². The molecule has 4 nitrogen and oxygen atoms in total. The van der Waals surface area contributed by atoms with Crippen LogP contribution in [0.2, 0.25) is 0 Å². The van der Waals surface area contributed by atoms with Gasteiger partial charge in [0.1, 0.15) is 5.82 Å². The van der Waals surface area contributed by atoms with Crippen molar-refractivity contribution in [2.45, 2.75) is 0 Å². The van der Waals surface area contributed by atoms with Crippen LogP contribution in [-0.2, 0) is 21.1 Å². The maximum Gasteiger partial charge on any atom is 2.00 e. The van der Waals surface area contributed by atoms with Gasteiger partial charge in [-0.3, -0.25) is 0 Å². The fourth-order valence-corrected chi connectivity index (χ4v) is 2.15. The van der Waals surface area contributed by atoms with Crippen LogP contribution in [0.15, 0.2) is 42.5 Å². The Morgan fingerprint density at radius 2 is 1.95 bits per heavy atom. The second-order valence-corrected chi connectivity index (χ2v) is 4.15. The van der Waals surface area contributed by atoms with Crippen molar-refractivity contribution in [3.8, 4) is 11.5 Å². The Hall–Kier alpha value is -1.93. The molecule has 0 aliphatic heterocycles. The predicted octanol–water partition coefficient (Wildman–Crippen LogP) is 2.90. The summed E-state index contributed by atoms with van der Waals surface area (Å²) in [7, 11) is 0. The summed E-state index contributed by atoms with van der Waals surface area (Å²) in [5, 5.41) is 8.35. The molecule has 0 aliphatic carbocycles. The van der Waals surface area contributed by atoms with Gasteiger partial charge in [-0.25, -0.2) is 4.98 Å². The molecule has 4 aromatic rings. The maximum atomic E-state index is 4.55. The van der Waals surface area contributed by atoms with Gasteiger partial charge in [-0.2, -0.15) is 23.3 Å². The Balaban J connectivity index is 0.00000110. The summed E-state index contributed by atoms with van der Waals surface area (Å²) >= 11 is 0. The molecule has 2 heterocycles. The van der Waals surface area contributed by atoms with Crippen molar-refractivity contribution in [3.05, 3.63) is 48.5 Å². The van der Waals surface area contributed by atoms with Gasteiger partial charge in [0, 0.05) is 0 Å². The van der Waals surface area contributed by atoms with Gasteiger partial charge in [-0.1, -0.05) is 17.5 Å².